The van der Waals surface area contributed by atoms with Crippen molar-refractivity contribution in [3.63, 3.8) is 0 Å². The van der Waals surface area contributed by atoms with Gasteiger partial charge in [0.2, 0.25) is 0 Å². The zero-order valence-electron chi connectivity index (χ0n) is 10.5. The highest BCUT2D eigenvalue weighted by atomic mass is 16.5. The smallest absolute Gasteiger partial charge is 0.0624 e. The van der Waals surface area contributed by atoms with Gasteiger partial charge in [-0.1, -0.05) is 13.8 Å². The van der Waals surface area contributed by atoms with Crippen molar-refractivity contribution in [3.05, 3.63) is 0 Å². The first kappa shape index (κ1) is 12.9. The van der Waals surface area contributed by atoms with Crippen molar-refractivity contribution in [1.82, 2.24) is 0 Å². The van der Waals surface area contributed by atoms with Crippen LogP contribution in [0.4, 0.5) is 0 Å². The maximum absolute atomic E-state index is 5.92. The molecule has 2 unspecified atom stereocenters. The van der Waals surface area contributed by atoms with E-state index >= 15 is 0 Å². The second kappa shape index (κ2) is 5.28. The first-order chi connectivity index (χ1) is 6.93. The molecule has 1 aliphatic rings. The summed E-state index contributed by atoms with van der Waals surface area (Å²) in [6, 6.07) is 0. The average molecular weight is 215 g/mol. The van der Waals surface area contributed by atoms with E-state index in [9.17, 15) is 0 Å². The fourth-order valence-electron chi connectivity index (χ4n) is 1.88. The molecule has 3 nitrogen and oxygen atoms in total. The first-order valence-corrected chi connectivity index (χ1v) is 5.90. The molecule has 1 aliphatic heterocycles. The maximum Gasteiger partial charge on any atom is 0.0624 e. The SMILES string of the molecule is CC1CC(OCC(C)(C)CN)CC(C)O1. The molecule has 0 amide bonds. The van der Waals surface area contributed by atoms with Gasteiger partial charge < -0.3 is 15.2 Å². The molecule has 0 aliphatic carbocycles. The van der Waals surface area contributed by atoms with Gasteiger partial charge in [0.05, 0.1) is 24.9 Å². The van der Waals surface area contributed by atoms with Crippen LogP contribution in [0.3, 0.4) is 0 Å². The van der Waals surface area contributed by atoms with Crippen molar-refractivity contribution < 1.29 is 9.47 Å². The summed E-state index contributed by atoms with van der Waals surface area (Å²) in [5, 5.41) is 0. The standard InChI is InChI=1S/C12H25NO2/c1-9-5-11(6-10(2)15-9)14-8-12(3,4)7-13/h9-11H,5-8,13H2,1-4H3. The van der Waals surface area contributed by atoms with Crippen LogP contribution in [0.15, 0.2) is 0 Å². The average Bonchev–Trinajstić information content (AvgIpc) is 2.14. The van der Waals surface area contributed by atoms with Crippen LogP contribution < -0.4 is 5.73 Å². The maximum atomic E-state index is 5.92. The number of rotatable bonds is 4. The lowest BCUT2D eigenvalue weighted by molar-refractivity contribution is -0.112. The van der Waals surface area contributed by atoms with Crippen LogP contribution in [0.2, 0.25) is 0 Å². The van der Waals surface area contributed by atoms with Crippen molar-refractivity contribution >= 4 is 0 Å². The Morgan fingerprint density at radius 3 is 2.27 bits per heavy atom. The molecule has 15 heavy (non-hydrogen) atoms. The van der Waals surface area contributed by atoms with Crippen molar-refractivity contribution in [1.29, 1.82) is 0 Å². The summed E-state index contributed by atoms with van der Waals surface area (Å²) in [4.78, 5) is 0. The number of hydrogen-bond donors (Lipinski definition) is 1. The van der Waals surface area contributed by atoms with Crippen molar-refractivity contribution in [2.45, 2.75) is 58.8 Å². The van der Waals surface area contributed by atoms with Gasteiger partial charge in [-0.3, -0.25) is 0 Å². The second-order valence-electron chi connectivity index (χ2n) is 5.53. The molecule has 0 radical (unpaired) electrons. The van der Waals surface area contributed by atoms with Crippen LogP contribution in [0.25, 0.3) is 0 Å². The molecule has 0 saturated carbocycles. The molecule has 0 aromatic rings. The lowest BCUT2D eigenvalue weighted by atomic mass is 9.95. The van der Waals surface area contributed by atoms with Gasteiger partial charge in [0, 0.05) is 5.41 Å². The predicted molar refractivity (Wildman–Crippen MR) is 61.8 cm³/mol. The Balaban J connectivity index is 2.32. The molecule has 2 atom stereocenters. The van der Waals surface area contributed by atoms with Crippen molar-refractivity contribution in [2.75, 3.05) is 13.2 Å². The van der Waals surface area contributed by atoms with E-state index in [2.05, 4.69) is 27.7 Å². The van der Waals surface area contributed by atoms with Crippen molar-refractivity contribution in [2.24, 2.45) is 11.1 Å². The fourth-order valence-corrected chi connectivity index (χ4v) is 1.88. The van der Waals surface area contributed by atoms with Crippen LogP contribution >= 0.6 is 0 Å². The largest absolute Gasteiger partial charge is 0.377 e. The summed E-state index contributed by atoms with van der Waals surface area (Å²) in [6.07, 6.45) is 2.99. The Labute approximate surface area is 93.3 Å². The van der Waals surface area contributed by atoms with Gasteiger partial charge in [0.25, 0.3) is 0 Å². The molecule has 1 saturated heterocycles. The summed E-state index contributed by atoms with van der Waals surface area (Å²) in [7, 11) is 0. The highest BCUT2D eigenvalue weighted by Crippen LogP contribution is 2.23. The third-order valence-corrected chi connectivity index (χ3v) is 2.92. The van der Waals surface area contributed by atoms with Gasteiger partial charge in [0.1, 0.15) is 0 Å². The summed E-state index contributed by atoms with van der Waals surface area (Å²) in [5.74, 6) is 0. The third-order valence-electron chi connectivity index (χ3n) is 2.92. The van der Waals surface area contributed by atoms with Gasteiger partial charge in [-0.05, 0) is 33.2 Å². The van der Waals surface area contributed by atoms with E-state index in [4.69, 9.17) is 15.2 Å². The Hall–Kier alpha value is -0.120. The van der Waals surface area contributed by atoms with E-state index in [1.165, 1.54) is 0 Å². The van der Waals surface area contributed by atoms with Gasteiger partial charge in [-0.25, -0.2) is 0 Å². The zero-order valence-corrected chi connectivity index (χ0v) is 10.5. The quantitative estimate of drug-likeness (QED) is 0.779. The Morgan fingerprint density at radius 1 is 1.27 bits per heavy atom. The van der Waals surface area contributed by atoms with E-state index in [0.717, 1.165) is 19.4 Å². The molecule has 1 fully saturated rings. The monoisotopic (exact) mass is 215 g/mol. The van der Waals surface area contributed by atoms with E-state index in [-0.39, 0.29) is 5.41 Å². The van der Waals surface area contributed by atoms with Gasteiger partial charge >= 0.3 is 0 Å². The fraction of sp³-hybridized carbons (Fsp3) is 1.00. The summed E-state index contributed by atoms with van der Waals surface area (Å²) in [5.41, 5.74) is 5.76. The molecule has 90 valence electrons. The number of ether oxygens (including phenoxy) is 2. The summed E-state index contributed by atoms with van der Waals surface area (Å²) < 4.78 is 11.6. The Kier molecular flexibility index (Phi) is 4.56. The lowest BCUT2D eigenvalue weighted by Crippen LogP contribution is -2.37. The molecule has 0 spiro atoms. The van der Waals surface area contributed by atoms with Gasteiger partial charge in [-0.2, -0.15) is 0 Å². The molecule has 0 bridgehead atoms. The van der Waals surface area contributed by atoms with Crippen LogP contribution in [-0.2, 0) is 9.47 Å². The normalized spacial score (nSPS) is 33.0. The van der Waals surface area contributed by atoms with Crippen LogP contribution in [0.1, 0.15) is 40.5 Å². The van der Waals surface area contributed by atoms with E-state index in [0.29, 0.717) is 24.9 Å². The van der Waals surface area contributed by atoms with E-state index < -0.39 is 0 Å². The minimum atomic E-state index is 0.0881. The third kappa shape index (κ3) is 4.49. The van der Waals surface area contributed by atoms with E-state index in [1.54, 1.807) is 0 Å². The molecule has 2 N–H and O–H groups in total. The minimum absolute atomic E-state index is 0.0881. The summed E-state index contributed by atoms with van der Waals surface area (Å²) >= 11 is 0. The first-order valence-electron chi connectivity index (χ1n) is 5.90. The molecule has 3 heteroatoms. The molecule has 0 aromatic heterocycles. The topological polar surface area (TPSA) is 44.5 Å². The van der Waals surface area contributed by atoms with Crippen LogP contribution in [0.5, 0.6) is 0 Å². The molecular weight excluding hydrogens is 190 g/mol. The Bertz CT molecular complexity index is 184. The number of nitrogens with two attached hydrogens (primary N) is 1. The molecule has 0 aromatic carbocycles. The summed E-state index contributed by atoms with van der Waals surface area (Å²) in [6.45, 7) is 9.91. The lowest BCUT2D eigenvalue weighted by Gasteiger charge is -2.34. The second-order valence-corrected chi connectivity index (χ2v) is 5.53. The highest BCUT2D eigenvalue weighted by molar-refractivity contribution is 4.76. The van der Waals surface area contributed by atoms with Gasteiger partial charge in [-0.15, -0.1) is 0 Å². The zero-order chi connectivity index (χ0) is 11.5. The predicted octanol–water partition coefficient (Wildman–Crippen LogP) is 1.94. The minimum Gasteiger partial charge on any atom is -0.377 e. The Morgan fingerprint density at radius 2 is 1.80 bits per heavy atom. The van der Waals surface area contributed by atoms with Crippen LogP contribution in [-0.4, -0.2) is 31.5 Å². The van der Waals surface area contributed by atoms with Gasteiger partial charge in [0.15, 0.2) is 0 Å². The molecular formula is C12H25NO2. The van der Waals surface area contributed by atoms with Crippen molar-refractivity contribution in [3.8, 4) is 0 Å². The number of hydrogen-bond acceptors (Lipinski definition) is 3. The molecule has 1 rings (SSSR count). The van der Waals surface area contributed by atoms with Crippen LogP contribution in [0, 0.1) is 5.41 Å². The highest BCUT2D eigenvalue weighted by Gasteiger charge is 2.26. The van der Waals surface area contributed by atoms with E-state index in [1.807, 2.05) is 0 Å². The molecule has 1 heterocycles.